The minimum Gasteiger partial charge on any atom is -0.369 e. The largest absolute Gasteiger partial charge is 0.369 e. The molecule has 1 atom stereocenters. The number of likely N-dealkylation sites (N-methyl/N-ethyl adjacent to an activating group) is 1. The molecule has 0 saturated carbocycles. The number of piperidine rings is 1. The maximum absolute atomic E-state index is 12.0. The Bertz CT molecular complexity index is 296. The number of hydrogen-bond donors (Lipinski definition) is 2. The lowest BCUT2D eigenvalue weighted by atomic mass is 9.97. The Balaban J connectivity index is 2.38. The van der Waals surface area contributed by atoms with E-state index in [1.54, 1.807) is 4.90 Å². The average Bonchev–Trinajstić information content (AvgIpc) is 2.36. The number of nitrogens with zero attached hydrogens (tertiary/aromatic N) is 2. The van der Waals surface area contributed by atoms with Gasteiger partial charge in [-0.3, -0.25) is 14.5 Å². The van der Waals surface area contributed by atoms with Gasteiger partial charge in [-0.25, -0.2) is 0 Å². The van der Waals surface area contributed by atoms with Crippen LogP contribution in [0.4, 0.5) is 0 Å². The van der Waals surface area contributed by atoms with Gasteiger partial charge < -0.3 is 16.4 Å². The Hall–Kier alpha value is -1.14. The maximum Gasteiger partial charge on any atom is 0.236 e. The Morgan fingerprint density at radius 2 is 2.17 bits per heavy atom. The lowest BCUT2D eigenvalue weighted by molar-refractivity contribution is -0.135. The van der Waals surface area contributed by atoms with Crippen molar-refractivity contribution in [3.63, 3.8) is 0 Å². The van der Waals surface area contributed by atoms with Crippen molar-refractivity contribution < 1.29 is 9.59 Å². The molecule has 104 valence electrons. The molecule has 1 aliphatic heterocycles. The fraction of sp³-hybridized carbons (Fsp3) is 0.833. The number of rotatable bonds is 6. The summed E-state index contributed by atoms with van der Waals surface area (Å²) >= 11 is 0. The molecule has 6 nitrogen and oxygen atoms in total. The first-order chi connectivity index (χ1) is 8.54. The summed E-state index contributed by atoms with van der Waals surface area (Å²) in [6, 6.07) is 0. The number of carbonyl (C=O) groups excluding carboxylic acids is 2. The lowest BCUT2D eigenvalue weighted by Crippen LogP contribution is -2.47. The van der Waals surface area contributed by atoms with Crippen molar-refractivity contribution in [1.82, 2.24) is 9.80 Å². The van der Waals surface area contributed by atoms with Gasteiger partial charge in [-0.05, 0) is 39.4 Å². The second-order valence-electron chi connectivity index (χ2n) is 4.96. The maximum atomic E-state index is 12.0. The number of carbonyl (C=O) groups is 2. The van der Waals surface area contributed by atoms with Gasteiger partial charge in [0.1, 0.15) is 0 Å². The number of hydrogen-bond acceptors (Lipinski definition) is 4. The van der Waals surface area contributed by atoms with Crippen molar-refractivity contribution in [2.24, 2.45) is 17.4 Å². The highest BCUT2D eigenvalue weighted by molar-refractivity contribution is 5.81. The smallest absolute Gasteiger partial charge is 0.236 e. The van der Waals surface area contributed by atoms with Gasteiger partial charge in [-0.2, -0.15) is 0 Å². The summed E-state index contributed by atoms with van der Waals surface area (Å²) < 4.78 is 0. The highest BCUT2D eigenvalue weighted by Gasteiger charge is 2.27. The summed E-state index contributed by atoms with van der Waals surface area (Å²) in [7, 11) is 1.91. The van der Waals surface area contributed by atoms with E-state index in [9.17, 15) is 9.59 Å². The van der Waals surface area contributed by atoms with Crippen LogP contribution in [-0.2, 0) is 9.59 Å². The minimum absolute atomic E-state index is 0.0699. The quantitative estimate of drug-likeness (QED) is 0.637. The van der Waals surface area contributed by atoms with E-state index in [1.807, 2.05) is 11.9 Å². The Morgan fingerprint density at radius 1 is 1.44 bits per heavy atom. The highest BCUT2D eigenvalue weighted by Crippen LogP contribution is 2.16. The fourth-order valence-corrected chi connectivity index (χ4v) is 2.21. The van der Waals surface area contributed by atoms with Crippen molar-refractivity contribution in [2.75, 3.05) is 39.8 Å². The molecule has 0 aliphatic carbocycles. The van der Waals surface area contributed by atoms with Crippen LogP contribution in [0, 0.1) is 5.92 Å². The third kappa shape index (κ3) is 4.62. The van der Waals surface area contributed by atoms with E-state index >= 15 is 0 Å². The van der Waals surface area contributed by atoms with Gasteiger partial charge >= 0.3 is 0 Å². The van der Waals surface area contributed by atoms with Crippen molar-refractivity contribution in [3.05, 3.63) is 0 Å². The molecule has 0 aromatic rings. The number of likely N-dealkylation sites (tertiary alicyclic amines) is 1. The molecule has 6 heteroatoms. The average molecular weight is 256 g/mol. The van der Waals surface area contributed by atoms with Crippen LogP contribution in [0.2, 0.25) is 0 Å². The first-order valence-corrected chi connectivity index (χ1v) is 6.50. The normalized spacial score (nSPS) is 20.2. The summed E-state index contributed by atoms with van der Waals surface area (Å²) in [6.45, 7) is 3.03. The molecule has 1 heterocycles. The highest BCUT2D eigenvalue weighted by atomic mass is 16.2. The van der Waals surface area contributed by atoms with Crippen LogP contribution in [-0.4, -0.2) is 61.4 Å². The van der Waals surface area contributed by atoms with Gasteiger partial charge in [-0.15, -0.1) is 0 Å². The van der Waals surface area contributed by atoms with Gasteiger partial charge in [-0.1, -0.05) is 0 Å². The van der Waals surface area contributed by atoms with Gasteiger partial charge in [0.05, 0.1) is 12.5 Å². The van der Waals surface area contributed by atoms with E-state index in [1.165, 1.54) is 0 Å². The lowest BCUT2D eigenvalue weighted by Gasteiger charge is -2.32. The molecule has 0 aromatic carbocycles. The second kappa shape index (κ2) is 7.33. The van der Waals surface area contributed by atoms with Crippen LogP contribution in [0.15, 0.2) is 0 Å². The van der Waals surface area contributed by atoms with Gasteiger partial charge in [0.2, 0.25) is 11.8 Å². The van der Waals surface area contributed by atoms with Crippen molar-refractivity contribution in [3.8, 4) is 0 Å². The molecule has 18 heavy (non-hydrogen) atoms. The minimum atomic E-state index is -0.302. The predicted molar refractivity (Wildman–Crippen MR) is 69.7 cm³/mol. The first kappa shape index (κ1) is 14.9. The Morgan fingerprint density at radius 3 is 2.78 bits per heavy atom. The van der Waals surface area contributed by atoms with Crippen molar-refractivity contribution in [1.29, 1.82) is 0 Å². The van der Waals surface area contributed by atoms with E-state index in [0.717, 1.165) is 32.4 Å². The van der Waals surface area contributed by atoms with Crippen LogP contribution in [0.5, 0.6) is 0 Å². The van der Waals surface area contributed by atoms with Crippen LogP contribution in [0.3, 0.4) is 0 Å². The monoisotopic (exact) mass is 256 g/mol. The molecule has 0 radical (unpaired) electrons. The molecule has 1 saturated heterocycles. The molecule has 2 amide bonds. The third-order valence-electron chi connectivity index (χ3n) is 3.33. The van der Waals surface area contributed by atoms with Crippen LogP contribution < -0.4 is 11.5 Å². The molecule has 4 N–H and O–H groups in total. The van der Waals surface area contributed by atoms with E-state index in [4.69, 9.17) is 11.5 Å². The summed E-state index contributed by atoms with van der Waals surface area (Å²) in [5.74, 6) is -0.415. The topological polar surface area (TPSA) is 92.7 Å². The van der Waals surface area contributed by atoms with E-state index in [0.29, 0.717) is 19.6 Å². The molecule has 1 fully saturated rings. The number of amides is 2. The number of primary amides is 1. The van der Waals surface area contributed by atoms with E-state index < -0.39 is 0 Å². The Kier molecular flexibility index (Phi) is 6.07. The first-order valence-electron chi connectivity index (χ1n) is 6.50. The Labute approximate surface area is 108 Å². The standard InChI is InChI=1S/C12H24N4O2/c1-15(6-3-5-13)9-11(17)16-7-2-4-10(8-16)12(14)18/h10H,2-9,13H2,1H3,(H2,14,18). The molecular formula is C12H24N4O2. The zero-order chi connectivity index (χ0) is 13.5. The summed E-state index contributed by atoms with van der Waals surface area (Å²) in [5, 5.41) is 0. The number of nitrogens with two attached hydrogens (primary N) is 2. The summed E-state index contributed by atoms with van der Waals surface area (Å²) in [5.41, 5.74) is 10.7. The molecule has 1 aliphatic rings. The molecular weight excluding hydrogens is 232 g/mol. The predicted octanol–water partition coefficient (Wildman–Crippen LogP) is -1.01. The van der Waals surface area contributed by atoms with Crippen molar-refractivity contribution >= 4 is 11.8 Å². The second-order valence-corrected chi connectivity index (χ2v) is 4.96. The zero-order valence-corrected chi connectivity index (χ0v) is 11.1. The van der Waals surface area contributed by atoms with Gasteiger partial charge in [0, 0.05) is 13.1 Å². The zero-order valence-electron chi connectivity index (χ0n) is 11.1. The van der Waals surface area contributed by atoms with E-state index in [-0.39, 0.29) is 17.7 Å². The van der Waals surface area contributed by atoms with Crippen LogP contribution in [0.1, 0.15) is 19.3 Å². The molecule has 0 bridgehead atoms. The van der Waals surface area contributed by atoms with Crippen LogP contribution >= 0.6 is 0 Å². The summed E-state index contributed by atoms with van der Waals surface area (Å²) in [6.07, 6.45) is 2.53. The van der Waals surface area contributed by atoms with Crippen molar-refractivity contribution in [2.45, 2.75) is 19.3 Å². The third-order valence-corrected chi connectivity index (χ3v) is 3.33. The van der Waals surface area contributed by atoms with Gasteiger partial charge in [0.15, 0.2) is 0 Å². The van der Waals surface area contributed by atoms with Crippen LogP contribution in [0.25, 0.3) is 0 Å². The molecule has 1 unspecified atom stereocenters. The molecule has 0 aromatic heterocycles. The van der Waals surface area contributed by atoms with E-state index in [2.05, 4.69) is 0 Å². The fourth-order valence-electron chi connectivity index (χ4n) is 2.21. The SMILES string of the molecule is CN(CCCN)CC(=O)N1CCCC(C(N)=O)C1. The van der Waals surface area contributed by atoms with Gasteiger partial charge in [0.25, 0.3) is 0 Å². The molecule has 1 rings (SSSR count). The summed E-state index contributed by atoms with van der Waals surface area (Å²) in [4.78, 5) is 26.9. The molecule has 0 spiro atoms.